The van der Waals surface area contributed by atoms with Gasteiger partial charge in [-0.2, -0.15) is 0 Å². The molecule has 0 bridgehead atoms. The Kier molecular flexibility index (Phi) is 4.86. The Hall–Kier alpha value is -1.49. The van der Waals surface area contributed by atoms with Crippen LogP contribution in [0.5, 0.6) is 0 Å². The summed E-state index contributed by atoms with van der Waals surface area (Å²) in [6.07, 6.45) is 1.07. The summed E-state index contributed by atoms with van der Waals surface area (Å²) in [7, 11) is -3.47. The molecule has 20 heavy (non-hydrogen) atoms. The number of hydrogen-bond donors (Lipinski definition) is 0. The third-order valence-electron chi connectivity index (χ3n) is 2.95. The second-order valence-electron chi connectivity index (χ2n) is 5.56. The standard InChI is InChI=1S/C15H20O4S/c1-9(2)14(16)11-6-12(15(17)10(3)4)8-13(7-11)20(5,18)19/h6-10H,1-5H3. The van der Waals surface area contributed by atoms with Crippen molar-refractivity contribution in [1.29, 1.82) is 0 Å². The van der Waals surface area contributed by atoms with Crippen LogP contribution < -0.4 is 0 Å². The lowest BCUT2D eigenvalue weighted by molar-refractivity contribution is 0.0938. The van der Waals surface area contributed by atoms with Gasteiger partial charge in [0.1, 0.15) is 0 Å². The molecular weight excluding hydrogens is 276 g/mol. The zero-order valence-corrected chi connectivity index (χ0v) is 13.2. The number of ketones is 2. The molecule has 1 aromatic carbocycles. The lowest BCUT2D eigenvalue weighted by Crippen LogP contribution is -2.13. The largest absolute Gasteiger partial charge is 0.294 e. The fourth-order valence-electron chi connectivity index (χ4n) is 1.76. The van der Waals surface area contributed by atoms with Crippen LogP contribution in [0.3, 0.4) is 0 Å². The van der Waals surface area contributed by atoms with E-state index in [-0.39, 0.29) is 39.4 Å². The van der Waals surface area contributed by atoms with Gasteiger partial charge in [-0.1, -0.05) is 27.7 Å². The quantitative estimate of drug-likeness (QED) is 0.783. The van der Waals surface area contributed by atoms with Crippen molar-refractivity contribution >= 4 is 21.4 Å². The van der Waals surface area contributed by atoms with Crippen LogP contribution in [0.25, 0.3) is 0 Å². The summed E-state index contributed by atoms with van der Waals surface area (Å²) >= 11 is 0. The number of carbonyl (C=O) groups is 2. The van der Waals surface area contributed by atoms with Crippen molar-refractivity contribution in [2.75, 3.05) is 6.26 Å². The molecule has 110 valence electrons. The van der Waals surface area contributed by atoms with Crippen molar-refractivity contribution in [2.45, 2.75) is 32.6 Å². The Morgan fingerprint density at radius 3 is 1.45 bits per heavy atom. The van der Waals surface area contributed by atoms with E-state index < -0.39 is 9.84 Å². The lowest BCUT2D eigenvalue weighted by atomic mass is 9.95. The minimum atomic E-state index is -3.47. The highest BCUT2D eigenvalue weighted by atomic mass is 32.2. The fraction of sp³-hybridized carbons (Fsp3) is 0.467. The van der Waals surface area contributed by atoms with Gasteiger partial charge in [0.25, 0.3) is 0 Å². The number of sulfone groups is 1. The highest BCUT2D eigenvalue weighted by Crippen LogP contribution is 2.20. The minimum Gasteiger partial charge on any atom is -0.294 e. The second-order valence-corrected chi connectivity index (χ2v) is 7.57. The summed E-state index contributed by atoms with van der Waals surface area (Å²) in [6.45, 7) is 6.94. The van der Waals surface area contributed by atoms with E-state index in [1.807, 2.05) is 0 Å². The number of hydrogen-bond acceptors (Lipinski definition) is 4. The van der Waals surface area contributed by atoms with Gasteiger partial charge in [0, 0.05) is 29.2 Å². The minimum absolute atomic E-state index is 0.00741. The third-order valence-corrected chi connectivity index (χ3v) is 4.04. The Morgan fingerprint density at radius 2 is 1.20 bits per heavy atom. The molecule has 0 heterocycles. The molecule has 5 heteroatoms. The molecule has 1 aromatic rings. The van der Waals surface area contributed by atoms with Crippen molar-refractivity contribution in [2.24, 2.45) is 11.8 Å². The summed E-state index contributed by atoms with van der Waals surface area (Å²) in [4.78, 5) is 24.1. The maximum Gasteiger partial charge on any atom is 0.175 e. The summed E-state index contributed by atoms with van der Waals surface area (Å²) < 4.78 is 23.4. The summed E-state index contributed by atoms with van der Waals surface area (Å²) in [6, 6.07) is 4.17. The van der Waals surface area contributed by atoms with Gasteiger partial charge < -0.3 is 0 Å². The number of rotatable bonds is 5. The van der Waals surface area contributed by atoms with Crippen LogP contribution in [0.15, 0.2) is 23.1 Å². The van der Waals surface area contributed by atoms with Gasteiger partial charge in [-0.15, -0.1) is 0 Å². The monoisotopic (exact) mass is 296 g/mol. The summed E-state index contributed by atoms with van der Waals surface area (Å²) in [5.74, 6) is -0.861. The molecule has 4 nitrogen and oxygen atoms in total. The van der Waals surface area contributed by atoms with E-state index in [2.05, 4.69) is 0 Å². The average molecular weight is 296 g/mol. The van der Waals surface area contributed by atoms with Gasteiger partial charge in [-0.05, 0) is 18.2 Å². The maximum absolute atomic E-state index is 12.1. The predicted molar refractivity (Wildman–Crippen MR) is 77.9 cm³/mol. The molecule has 0 aliphatic heterocycles. The molecule has 0 aromatic heterocycles. The van der Waals surface area contributed by atoms with Crippen LogP contribution in [0.4, 0.5) is 0 Å². The SMILES string of the molecule is CC(C)C(=O)c1cc(C(=O)C(C)C)cc(S(C)(=O)=O)c1. The first-order valence-electron chi connectivity index (χ1n) is 6.47. The molecule has 0 spiro atoms. The molecule has 0 N–H and O–H groups in total. The van der Waals surface area contributed by atoms with Crippen LogP contribution in [0.1, 0.15) is 48.4 Å². The topological polar surface area (TPSA) is 68.3 Å². The molecule has 0 unspecified atom stereocenters. The fourth-order valence-corrected chi connectivity index (χ4v) is 2.45. The Balaban J connectivity index is 3.52. The van der Waals surface area contributed by atoms with E-state index in [0.717, 1.165) is 6.26 Å². The predicted octanol–water partition coefficient (Wildman–Crippen LogP) is 2.77. The molecule has 0 amide bonds. The normalized spacial score (nSPS) is 11.9. The van der Waals surface area contributed by atoms with E-state index in [1.54, 1.807) is 27.7 Å². The van der Waals surface area contributed by atoms with Gasteiger partial charge in [0.2, 0.25) is 0 Å². The number of Topliss-reactive ketones (excluding diaryl/α,β-unsaturated/α-hetero) is 2. The van der Waals surface area contributed by atoms with Crippen LogP contribution >= 0.6 is 0 Å². The van der Waals surface area contributed by atoms with E-state index in [0.29, 0.717) is 0 Å². The Morgan fingerprint density at radius 1 is 0.850 bits per heavy atom. The Labute approximate surface area is 120 Å². The molecule has 0 aliphatic rings. The molecule has 0 saturated heterocycles. The van der Waals surface area contributed by atoms with Gasteiger partial charge in [0.15, 0.2) is 21.4 Å². The van der Waals surface area contributed by atoms with Gasteiger partial charge in [-0.25, -0.2) is 8.42 Å². The van der Waals surface area contributed by atoms with Crippen molar-refractivity contribution in [3.8, 4) is 0 Å². The van der Waals surface area contributed by atoms with E-state index in [4.69, 9.17) is 0 Å². The summed E-state index contributed by atoms with van der Waals surface area (Å²) in [5.41, 5.74) is 0.541. The highest BCUT2D eigenvalue weighted by molar-refractivity contribution is 7.90. The average Bonchev–Trinajstić information content (AvgIpc) is 2.34. The third kappa shape index (κ3) is 3.76. The van der Waals surface area contributed by atoms with E-state index >= 15 is 0 Å². The number of carbonyl (C=O) groups excluding carboxylic acids is 2. The van der Waals surface area contributed by atoms with Crippen LogP contribution in [0, 0.1) is 11.8 Å². The summed E-state index contributed by atoms with van der Waals surface area (Å²) in [5, 5.41) is 0. The Bertz CT molecular complexity index is 602. The molecule has 0 radical (unpaired) electrons. The molecule has 0 aliphatic carbocycles. The molecule has 1 rings (SSSR count). The highest BCUT2D eigenvalue weighted by Gasteiger charge is 2.20. The van der Waals surface area contributed by atoms with E-state index in [1.165, 1.54) is 18.2 Å². The first-order chi connectivity index (χ1) is 9.04. The van der Waals surface area contributed by atoms with E-state index in [9.17, 15) is 18.0 Å². The van der Waals surface area contributed by atoms with Crippen molar-refractivity contribution in [1.82, 2.24) is 0 Å². The molecule has 0 fully saturated rings. The molecule has 0 saturated carbocycles. The van der Waals surface area contributed by atoms with Crippen LogP contribution in [-0.4, -0.2) is 26.2 Å². The van der Waals surface area contributed by atoms with Gasteiger partial charge >= 0.3 is 0 Å². The smallest absolute Gasteiger partial charge is 0.175 e. The second kappa shape index (κ2) is 5.87. The van der Waals surface area contributed by atoms with Crippen LogP contribution in [-0.2, 0) is 9.84 Å². The zero-order chi connectivity index (χ0) is 15.7. The lowest BCUT2D eigenvalue weighted by Gasteiger charge is -2.11. The first kappa shape index (κ1) is 16.6. The number of benzene rings is 1. The van der Waals surface area contributed by atoms with Gasteiger partial charge in [-0.3, -0.25) is 9.59 Å². The maximum atomic E-state index is 12.1. The zero-order valence-electron chi connectivity index (χ0n) is 12.4. The molecular formula is C15H20O4S. The molecule has 0 atom stereocenters. The van der Waals surface area contributed by atoms with Crippen LogP contribution in [0.2, 0.25) is 0 Å². The van der Waals surface area contributed by atoms with Crippen molar-refractivity contribution < 1.29 is 18.0 Å². The first-order valence-corrected chi connectivity index (χ1v) is 8.36. The van der Waals surface area contributed by atoms with Crippen molar-refractivity contribution in [3.63, 3.8) is 0 Å². The van der Waals surface area contributed by atoms with Crippen molar-refractivity contribution in [3.05, 3.63) is 29.3 Å². The van der Waals surface area contributed by atoms with Gasteiger partial charge in [0.05, 0.1) is 4.90 Å².